The molecule has 0 aliphatic heterocycles. The fraction of sp³-hybridized carbons (Fsp3) is 0.150. The Bertz CT molecular complexity index is 1020. The number of aromatic amines is 1. The van der Waals surface area contributed by atoms with Crippen molar-refractivity contribution >= 4 is 23.5 Å². The first-order valence-electron chi connectivity index (χ1n) is 8.68. The first-order chi connectivity index (χ1) is 13.6. The lowest BCUT2D eigenvalue weighted by Crippen LogP contribution is -2.23. The second kappa shape index (κ2) is 7.77. The Morgan fingerprint density at radius 3 is 2.57 bits per heavy atom. The predicted molar refractivity (Wildman–Crippen MR) is 107 cm³/mol. The van der Waals surface area contributed by atoms with Gasteiger partial charge >= 0.3 is 0 Å². The third-order valence-electron chi connectivity index (χ3n) is 4.11. The molecule has 1 unspecified atom stereocenters. The van der Waals surface area contributed by atoms with Gasteiger partial charge in [0.15, 0.2) is 16.7 Å². The van der Waals surface area contributed by atoms with E-state index in [4.69, 9.17) is 8.83 Å². The lowest BCUT2D eigenvalue weighted by molar-refractivity contribution is -0.115. The molecule has 4 heterocycles. The number of nitrogens with zero attached hydrogens (tertiary/aromatic N) is 2. The first kappa shape index (κ1) is 18.1. The summed E-state index contributed by atoms with van der Waals surface area (Å²) in [6, 6.07) is 11.0. The zero-order chi connectivity index (χ0) is 19.5. The number of hydrogen-bond acceptors (Lipinski definition) is 6. The molecule has 28 heavy (non-hydrogen) atoms. The summed E-state index contributed by atoms with van der Waals surface area (Å²) in [7, 11) is 0. The van der Waals surface area contributed by atoms with Gasteiger partial charge in [0.2, 0.25) is 5.91 Å². The van der Waals surface area contributed by atoms with Crippen molar-refractivity contribution in [2.24, 2.45) is 0 Å². The number of carbonyl (C=O) groups is 1. The largest absolute Gasteiger partial charge is 0.463 e. The van der Waals surface area contributed by atoms with Gasteiger partial charge in [-0.1, -0.05) is 17.8 Å². The molecular formula is C20H18N4O3S. The number of carbonyl (C=O) groups excluding carboxylic acids is 1. The molecule has 8 heteroatoms. The van der Waals surface area contributed by atoms with Crippen LogP contribution in [0, 0.1) is 6.92 Å². The average molecular weight is 394 g/mol. The van der Waals surface area contributed by atoms with Gasteiger partial charge in [0.05, 0.1) is 17.8 Å². The molecule has 7 nitrogen and oxygen atoms in total. The topological polar surface area (TPSA) is 97.0 Å². The number of nitrogens with one attached hydrogen (secondary N) is 2. The zero-order valence-electron chi connectivity index (χ0n) is 15.3. The second-order valence-electron chi connectivity index (χ2n) is 6.14. The Balaban J connectivity index is 1.55. The van der Waals surface area contributed by atoms with Crippen molar-refractivity contribution in [3.63, 3.8) is 0 Å². The van der Waals surface area contributed by atoms with Gasteiger partial charge in [-0.2, -0.15) is 0 Å². The highest BCUT2D eigenvalue weighted by molar-refractivity contribution is 8.00. The maximum absolute atomic E-state index is 12.6. The normalized spacial score (nSPS) is 12.1. The predicted octanol–water partition coefficient (Wildman–Crippen LogP) is 4.75. The maximum atomic E-state index is 12.6. The number of rotatable bonds is 6. The molecule has 4 aromatic heterocycles. The number of H-pyrrole nitrogens is 1. The van der Waals surface area contributed by atoms with Crippen molar-refractivity contribution in [2.45, 2.75) is 24.3 Å². The van der Waals surface area contributed by atoms with Crippen LogP contribution in [0.4, 0.5) is 5.82 Å². The summed E-state index contributed by atoms with van der Waals surface area (Å²) in [6.45, 7) is 3.72. The van der Waals surface area contributed by atoms with E-state index >= 15 is 0 Å². The summed E-state index contributed by atoms with van der Waals surface area (Å²) in [5.41, 5.74) is 2.25. The van der Waals surface area contributed by atoms with Crippen LogP contribution in [0.1, 0.15) is 12.5 Å². The Labute approximate surface area is 165 Å². The maximum Gasteiger partial charge on any atom is 0.238 e. The molecule has 142 valence electrons. The lowest BCUT2D eigenvalue weighted by atomic mass is 10.2. The first-order valence-corrected chi connectivity index (χ1v) is 9.56. The Kier molecular flexibility index (Phi) is 5.03. The summed E-state index contributed by atoms with van der Waals surface area (Å²) < 4.78 is 11.0. The number of anilines is 1. The van der Waals surface area contributed by atoms with Gasteiger partial charge in [0.1, 0.15) is 17.2 Å². The molecule has 0 radical (unpaired) electrons. The van der Waals surface area contributed by atoms with Crippen LogP contribution in [0.2, 0.25) is 0 Å². The SMILES string of the molecule is Cc1cccnc1NC(=O)C(C)Sc1nc(-c2ccco2)c(-c2ccco2)[nH]1. The van der Waals surface area contributed by atoms with E-state index < -0.39 is 0 Å². The molecule has 1 atom stereocenters. The van der Waals surface area contributed by atoms with Crippen molar-refractivity contribution in [3.8, 4) is 22.9 Å². The minimum absolute atomic E-state index is 0.151. The number of amides is 1. The standard InChI is InChI=1S/C20H18N4O3S/c1-12-6-3-9-21-18(12)24-19(25)13(2)28-20-22-16(14-7-4-10-26-14)17(23-20)15-8-5-11-27-15/h3-11,13H,1-2H3,(H,22,23)(H,21,24,25). The number of aromatic nitrogens is 3. The van der Waals surface area contributed by atoms with Gasteiger partial charge in [-0.25, -0.2) is 9.97 Å². The van der Waals surface area contributed by atoms with E-state index in [0.29, 0.717) is 33.9 Å². The molecule has 4 rings (SSSR count). The molecule has 0 aromatic carbocycles. The second-order valence-corrected chi connectivity index (χ2v) is 7.47. The average Bonchev–Trinajstić information content (AvgIpc) is 3.44. The highest BCUT2D eigenvalue weighted by Gasteiger charge is 2.22. The van der Waals surface area contributed by atoms with E-state index in [0.717, 1.165) is 5.56 Å². The molecule has 1 amide bonds. The molecule has 0 fully saturated rings. The number of pyridine rings is 1. The van der Waals surface area contributed by atoms with Crippen LogP contribution < -0.4 is 5.32 Å². The van der Waals surface area contributed by atoms with Crippen molar-refractivity contribution in [3.05, 3.63) is 60.7 Å². The molecule has 0 spiro atoms. The molecule has 2 N–H and O–H groups in total. The number of thioether (sulfide) groups is 1. The fourth-order valence-electron chi connectivity index (χ4n) is 2.65. The van der Waals surface area contributed by atoms with Crippen LogP contribution in [0.15, 0.2) is 69.1 Å². The molecule has 0 saturated heterocycles. The minimum atomic E-state index is -0.388. The smallest absolute Gasteiger partial charge is 0.238 e. The summed E-state index contributed by atoms with van der Waals surface area (Å²) in [5, 5.41) is 3.07. The highest BCUT2D eigenvalue weighted by Crippen LogP contribution is 2.34. The third-order valence-corrected chi connectivity index (χ3v) is 5.10. The minimum Gasteiger partial charge on any atom is -0.463 e. The van der Waals surface area contributed by atoms with Crippen LogP contribution in [-0.2, 0) is 4.79 Å². The van der Waals surface area contributed by atoms with Gasteiger partial charge in [0.25, 0.3) is 0 Å². The molecule has 0 saturated carbocycles. The van der Waals surface area contributed by atoms with Gasteiger partial charge < -0.3 is 19.1 Å². The number of imidazole rings is 1. The van der Waals surface area contributed by atoms with Crippen molar-refractivity contribution in [1.82, 2.24) is 15.0 Å². The van der Waals surface area contributed by atoms with E-state index in [1.165, 1.54) is 11.8 Å². The van der Waals surface area contributed by atoms with Crippen molar-refractivity contribution < 1.29 is 13.6 Å². The van der Waals surface area contributed by atoms with Crippen molar-refractivity contribution in [1.29, 1.82) is 0 Å². The summed E-state index contributed by atoms with van der Waals surface area (Å²) in [4.78, 5) is 24.6. The quantitative estimate of drug-likeness (QED) is 0.458. The summed E-state index contributed by atoms with van der Waals surface area (Å²) in [5.74, 6) is 1.68. The molecular weight excluding hydrogens is 376 g/mol. The fourth-order valence-corrected chi connectivity index (χ4v) is 3.46. The number of hydrogen-bond donors (Lipinski definition) is 2. The van der Waals surface area contributed by atoms with Gasteiger partial charge in [0, 0.05) is 6.20 Å². The molecule has 0 aliphatic rings. The Morgan fingerprint density at radius 2 is 1.89 bits per heavy atom. The van der Waals surface area contributed by atoms with Crippen LogP contribution in [0.5, 0.6) is 0 Å². The van der Waals surface area contributed by atoms with E-state index in [1.807, 2.05) is 38.1 Å². The summed E-state index contributed by atoms with van der Waals surface area (Å²) >= 11 is 1.32. The van der Waals surface area contributed by atoms with Gasteiger partial charge in [-0.15, -0.1) is 0 Å². The van der Waals surface area contributed by atoms with Crippen LogP contribution in [0.3, 0.4) is 0 Å². The van der Waals surface area contributed by atoms with E-state index in [-0.39, 0.29) is 11.2 Å². The van der Waals surface area contributed by atoms with Crippen LogP contribution in [-0.4, -0.2) is 26.1 Å². The number of furan rings is 2. The van der Waals surface area contributed by atoms with Crippen LogP contribution >= 0.6 is 11.8 Å². The Morgan fingerprint density at radius 1 is 1.14 bits per heavy atom. The Hall–Kier alpha value is -3.26. The number of aryl methyl sites for hydroxylation is 1. The van der Waals surface area contributed by atoms with Crippen LogP contribution in [0.25, 0.3) is 22.9 Å². The van der Waals surface area contributed by atoms with E-state index in [9.17, 15) is 4.79 Å². The summed E-state index contributed by atoms with van der Waals surface area (Å²) in [6.07, 6.45) is 4.84. The highest BCUT2D eigenvalue weighted by atomic mass is 32.2. The van der Waals surface area contributed by atoms with Gasteiger partial charge in [-0.3, -0.25) is 4.79 Å². The lowest BCUT2D eigenvalue weighted by Gasteiger charge is -2.11. The van der Waals surface area contributed by atoms with Gasteiger partial charge in [-0.05, 0) is 49.7 Å². The molecule has 4 aromatic rings. The monoisotopic (exact) mass is 394 g/mol. The third kappa shape index (κ3) is 3.72. The molecule has 0 aliphatic carbocycles. The molecule has 0 bridgehead atoms. The zero-order valence-corrected chi connectivity index (χ0v) is 16.1. The van der Waals surface area contributed by atoms with E-state index in [2.05, 4.69) is 20.3 Å². The van der Waals surface area contributed by atoms with Crippen molar-refractivity contribution in [2.75, 3.05) is 5.32 Å². The van der Waals surface area contributed by atoms with E-state index in [1.54, 1.807) is 30.9 Å².